The van der Waals surface area contributed by atoms with Crippen molar-refractivity contribution in [1.29, 1.82) is 0 Å². The highest BCUT2D eigenvalue weighted by atomic mass is 79.9. The number of hydrogen-bond acceptors (Lipinski definition) is 2. The zero-order chi connectivity index (χ0) is 14.4. The summed E-state index contributed by atoms with van der Waals surface area (Å²) >= 11 is 3.49. The fraction of sp³-hybridized carbons (Fsp3) is 0.500. The molecule has 1 aromatic rings. The maximum atomic E-state index is 13.7. The van der Waals surface area contributed by atoms with Gasteiger partial charge in [-0.25, -0.2) is 4.39 Å². The number of nitrogens with one attached hydrogen (secondary N) is 1. The summed E-state index contributed by atoms with van der Waals surface area (Å²) in [6.45, 7) is 4.67. The molecule has 3 nitrogen and oxygen atoms in total. The summed E-state index contributed by atoms with van der Waals surface area (Å²) in [5.41, 5.74) is -0.0470. The monoisotopic (exact) mass is 331 g/mol. The van der Waals surface area contributed by atoms with Gasteiger partial charge in [0, 0.05) is 11.4 Å². The Morgan fingerprint density at radius 3 is 2.74 bits per heavy atom. The number of hydrogen-bond donors (Lipinski definition) is 1. The van der Waals surface area contributed by atoms with Gasteiger partial charge < -0.3 is 10.1 Å². The number of carbonyl (C=O) groups is 1. The molecule has 0 bridgehead atoms. The molecular weight excluding hydrogens is 313 g/mol. The maximum Gasteiger partial charge on any atom is 0.258 e. The minimum atomic E-state index is -0.577. The van der Waals surface area contributed by atoms with Gasteiger partial charge in [0.15, 0.2) is 0 Å². The van der Waals surface area contributed by atoms with Gasteiger partial charge in [-0.15, -0.1) is 0 Å². The van der Waals surface area contributed by atoms with Crippen molar-refractivity contribution in [2.75, 3.05) is 13.7 Å². The van der Waals surface area contributed by atoms with E-state index in [1.54, 1.807) is 6.07 Å². The SMILES string of the molecule is COc1cccc(F)c1C(=O)NCC(Br)CC(C)C. The smallest absolute Gasteiger partial charge is 0.258 e. The van der Waals surface area contributed by atoms with Gasteiger partial charge in [0.25, 0.3) is 5.91 Å². The summed E-state index contributed by atoms with van der Waals surface area (Å²) in [5, 5.41) is 2.71. The summed E-state index contributed by atoms with van der Waals surface area (Å²) in [7, 11) is 1.41. The average molecular weight is 332 g/mol. The third-order valence-electron chi connectivity index (χ3n) is 2.63. The first-order chi connectivity index (χ1) is 8.95. The third-order valence-corrected chi connectivity index (χ3v) is 3.33. The predicted octanol–water partition coefficient (Wildman–Crippen LogP) is 3.37. The number of benzene rings is 1. The van der Waals surface area contributed by atoms with Crippen LogP contribution in [0.3, 0.4) is 0 Å². The van der Waals surface area contributed by atoms with Gasteiger partial charge in [-0.2, -0.15) is 0 Å². The highest BCUT2D eigenvalue weighted by Gasteiger charge is 2.18. The van der Waals surface area contributed by atoms with Crippen molar-refractivity contribution >= 4 is 21.8 Å². The number of amides is 1. The Bertz CT molecular complexity index is 437. The summed E-state index contributed by atoms with van der Waals surface area (Å²) in [6.07, 6.45) is 0.939. The second-order valence-corrected chi connectivity index (χ2v) is 6.05. The van der Waals surface area contributed by atoms with Crippen LogP contribution in [0.25, 0.3) is 0 Å². The molecule has 0 aromatic heterocycles. The number of ether oxygens (including phenoxy) is 1. The average Bonchev–Trinajstić information content (AvgIpc) is 2.34. The topological polar surface area (TPSA) is 38.3 Å². The summed E-state index contributed by atoms with van der Waals surface area (Å²) in [5.74, 6) is -0.258. The van der Waals surface area contributed by atoms with Crippen LogP contribution >= 0.6 is 15.9 Å². The molecule has 0 saturated carbocycles. The van der Waals surface area contributed by atoms with Gasteiger partial charge in [0.1, 0.15) is 17.1 Å². The van der Waals surface area contributed by atoms with E-state index in [0.29, 0.717) is 12.5 Å². The van der Waals surface area contributed by atoms with Crippen LogP contribution in [0.5, 0.6) is 5.75 Å². The molecule has 0 aliphatic rings. The Balaban J connectivity index is 2.68. The molecule has 1 rings (SSSR count). The Hall–Kier alpha value is -1.10. The van der Waals surface area contributed by atoms with E-state index >= 15 is 0 Å². The molecule has 5 heteroatoms. The van der Waals surface area contributed by atoms with Crippen molar-refractivity contribution < 1.29 is 13.9 Å². The number of carbonyl (C=O) groups excluding carboxylic acids is 1. The van der Waals surface area contributed by atoms with Crippen LogP contribution in [0.15, 0.2) is 18.2 Å². The fourth-order valence-electron chi connectivity index (χ4n) is 1.78. The van der Waals surface area contributed by atoms with Crippen molar-refractivity contribution in [2.24, 2.45) is 5.92 Å². The lowest BCUT2D eigenvalue weighted by Crippen LogP contribution is -2.31. The molecule has 0 saturated heterocycles. The Kier molecular flexibility index (Phi) is 6.28. The minimum absolute atomic E-state index is 0.0470. The van der Waals surface area contributed by atoms with Crippen LogP contribution < -0.4 is 10.1 Å². The molecule has 1 unspecified atom stereocenters. The molecule has 0 aliphatic heterocycles. The van der Waals surface area contributed by atoms with E-state index in [1.807, 2.05) is 0 Å². The third kappa shape index (κ3) is 4.82. The number of alkyl halides is 1. The molecule has 1 amide bonds. The second-order valence-electron chi connectivity index (χ2n) is 4.75. The van der Waals surface area contributed by atoms with E-state index in [4.69, 9.17) is 4.74 Å². The summed E-state index contributed by atoms with van der Waals surface area (Å²) in [6, 6.07) is 4.33. The van der Waals surface area contributed by atoms with E-state index < -0.39 is 11.7 Å². The van der Waals surface area contributed by atoms with E-state index in [9.17, 15) is 9.18 Å². The van der Waals surface area contributed by atoms with Crippen molar-refractivity contribution in [1.82, 2.24) is 5.32 Å². The molecule has 0 radical (unpaired) electrons. The first-order valence-corrected chi connectivity index (χ1v) is 7.12. The molecule has 0 fully saturated rings. The molecule has 0 aliphatic carbocycles. The minimum Gasteiger partial charge on any atom is -0.496 e. The Morgan fingerprint density at radius 2 is 2.16 bits per heavy atom. The van der Waals surface area contributed by atoms with Crippen LogP contribution in [0.4, 0.5) is 4.39 Å². The van der Waals surface area contributed by atoms with Crippen molar-refractivity contribution in [3.8, 4) is 5.75 Å². The lowest BCUT2D eigenvalue weighted by atomic mass is 10.1. The second kappa shape index (κ2) is 7.48. The molecule has 0 spiro atoms. The van der Waals surface area contributed by atoms with Crippen molar-refractivity contribution in [3.63, 3.8) is 0 Å². The predicted molar refractivity (Wildman–Crippen MR) is 77.5 cm³/mol. The molecular formula is C14H19BrFNO2. The van der Waals surface area contributed by atoms with E-state index in [0.717, 1.165) is 6.42 Å². The highest BCUT2D eigenvalue weighted by Crippen LogP contribution is 2.21. The van der Waals surface area contributed by atoms with E-state index in [-0.39, 0.29) is 16.1 Å². The van der Waals surface area contributed by atoms with Gasteiger partial charge in [-0.3, -0.25) is 4.79 Å². The van der Waals surface area contributed by atoms with Gasteiger partial charge in [-0.1, -0.05) is 35.8 Å². The summed E-state index contributed by atoms with van der Waals surface area (Å²) in [4.78, 5) is 12.2. The largest absolute Gasteiger partial charge is 0.496 e. The zero-order valence-corrected chi connectivity index (χ0v) is 13.0. The van der Waals surface area contributed by atoms with Gasteiger partial charge in [0.05, 0.1) is 7.11 Å². The number of halogens is 2. The molecule has 0 heterocycles. The quantitative estimate of drug-likeness (QED) is 0.811. The number of rotatable bonds is 6. The van der Waals surface area contributed by atoms with Crippen LogP contribution in [-0.4, -0.2) is 24.4 Å². The lowest BCUT2D eigenvalue weighted by molar-refractivity contribution is 0.0946. The summed E-state index contributed by atoms with van der Waals surface area (Å²) < 4.78 is 18.7. The standard InChI is InChI=1S/C14H19BrFNO2/c1-9(2)7-10(15)8-17-14(18)13-11(16)5-4-6-12(13)19-3/h4-6,9-10H,7-8H2,1-3H3,(H,17,18). The normalized spacial score (nSPS) is 12.3. The molecule has 106 valence electrons. The number of methoxy groups -OCH3 is 1. The van der Waals surface area contributed by atoms with Crippen LogP contribution in [-0.2, 0) is 0 Å². The maximum absolute atomic E-state index is 13.7. The highest BCUT2D eigenvalue weighted by molar-refractivity contribution is 9.09. The molecule has 1 atom stereocenters. The van der Waals surface area contributed by atoms with Crippen LogP contribution in [0.1, 0.15) is 30.6 Å². The van der Waals surface area contributed by atoms with E-state index in [1.165, 1.54) is 19.2 Å². The zero-order valence-electron chi connectivity index (χ0n) is 11.4. The molecule has 1 aromatic carbocycles. The Morgan fingerprint density at radius 1 is 1.47 bits per heavy atom. The molecule has 19 heavy (non-hydrogen) atoms. The molecule has 1 N–H and O–H groups in total. The van der Waals surface area contributed by atoms with Crippen LogP contribution in [0.2, 0.25) is 0 Å². The Labute approximate surface area is 121 Å². The van der Waals surface area contributed by atoms with Gasteiger partial charge >= 0.3 is 0 Å². The fourth-order valence-corrected chi connectivity index (χ4v) is 2.69. The lowest BCUT2D eigenvalue weighted by Gasteiger charge is -2.14. The van der Waals surface area contributed by atoms with Crippen molar-refractivity contribution in [3.05, 3.63) is 29.6 Å². The van der Waals surface area contributed by atoms with Crippen LogP contribution in [0, 0.1) is 11.7 Å². The van der Waals surface area contributed by atoms with Gasteiger partial charge in [-0.05, 0) is 24.5 Å². The van der Waals surface area contributed by atoms with Crippen molar-refractivity contribution in [2.45, 2.75) is 25.1 Å². The first kappa shape index (κ1) is 16.0. The van der Waals surface area contributed by atoms with Gasteiger partial charge in [0.2, 0.25) is 0 Å². The van der Waals surface area contributed by atoms with E-state index in [2.05, 4.69) is 35.1 Å². The first-order valence-electron chi connectivity index (χ1n) is 6.20.